The highest BCUT2D eigenvalue weighted by atomic mass is 32.1. The third-order valence-electron chi connectivity index (χ3n) is 2.94. The van der Waals surface area contributed by atoms with E-state index in [1.807, 2.05) is 6.07 Å². The molecule has 1 N–H and O–H groups in total. The molecule has 7 heteroatoms. The number of benzene rings is 1. The predicted octanol–water partition coefficient (Wildman–Crippen LogP) is 3.46. The molecule has 0 amide bonds. The summed E-state index contributed by atoms with van der Waals surface area (Å²) in [6, 6.07) is 7.25. The van der Waals surface area contributed by atoms with Crippen LogP contribution in [-0.4, -0.2) is 15.8 Å². The Balaban J connectivity index is 2.44. The summed E-state index contributed by atoms with van der Waals surface area (Å²) in [5.41, 5.74) is 0.466. The molecule has 22 heavy (non-hydrogen) atoms. The summed E-state index contributed by atoms with van der Waals surface area (Å²) in [7, 11) is 0. The Morgan fingerprint density at radius 3 is 2.73 bits per heavy atom. The number of carbonyl (C=O) groups is 1. The molecule has 0 saturated carbocycles. The first-order chi connectivity index (χ1) is 10.4. The van der Waals surface area contributed by atoms with Gasteiger partial charge in [0.2, 0.25) is 5.78 Å². The zero-order valence-corrected chi connectivity index (χ0v) is 12.3. The maximum absolute atomic E-state index is 12.3. The number of aryl methyl sites for hydroxylation is 1. The second kappa shape index (κ2) is 6.20. The molecule has 2 rings (SSSR count). The van der Waals surface area contributed by atoms with Crippen LogP contribution in [-0.2, 0) is 0 Å². The standard InChI is InChI=1S/C15H10N2O4S/c1-9-4-5-22-15(9)14(19)11(8-16)6-10-2-3-13(18)12(7-10)17(20)21/h2-7,18H,1H3/b11-6-. The van der Waals surface area contributed by atoms with Crippen molar-refractivity contribution >= 4 is 28.9 Å². The Hall–Kier alpha value is -2.98. The zero-order valence-electron chi connectivity index (χ0n) is 11.4. The molecule has 0 unspecified atom stereocenters. The first kappa shape index (κ1) is 15.4. The van der Waals surface area contributed by atoms with E-state index in [1.54, 1.807) is 18.4 Å². The van der Waals surface area contributed by atoms with Gasteiger partial charge in [0, 0.05) is 6.07 Å². The number of Topliss-reactive ketones (excluding diaryl/α,β-unsaturated/α-hetero) is 1. The number of nitro groups is 1. The van der Waals surface area contributed by atoms with Crippen molar-refractivity contribution in [2.75, 3.05) is 0 Å². The highest BCUT2D eigenvalue weighted by Crippen LogP contribution is 2.28. The number of nitriles is 1. The number of allylic oxidation sites excluding steroid dienone is 1. The van der Waals surface area contributed by atoms with Crippen LogP contribution in [0, 0.1) is 28.4 Å². The summed E-state index contributed by atoms with van der Waals surface area (Å²) in [6.45, 7) is 1.77. The Labute approximate surface area is 129 Å². The van der Waals surface area contributed by atoms with E-state index in [9.17, 15) is 20.0 Å². The summed E-state index contributed by atoms with van der Waals surface area (Å²) < 4.78 is 0. The number of rotatable bonds is 4. The van der Waals surface area contributed by atoms with Gasteiger partial charge in [-0.1, -0.05) is 6.07 Å². The van der Waals surface area contributed by atoms with Gasteiger partial charge in [0.1, 0.15) is 11.6 Å². The first-order valence-corrected chi connectivity index (χ1v) is 7.00. The monoisotopic (exact) mass is 314 g/mol. The van der Waals surface area contributed by atoms with Crippen LogP contribution in [0.2, 0.25) is 0 Å². The summed E-state index contributed by atoms with van der Waals surface area (Å²) in [5, 5.41) is 31.1. The van der Waals surface area contributed by atoms with Crippen molar-refractivity contribution in [3.63, 3.8) is 0 Å². The number of nitro benzene ring substituents is 1. The second-order valence-corrected chi connectivity index (χ2v) is 5.35. The fourth-order valence-corrected chi connectivity index (χ4v) is 2.70. The fourth-order valence-electron chi connectivity index (χ4n) is 1.82. The Morgan fingerprint density at radius 2 is 2.18 bits per heavy atom. The highest BCUT2D eigenvalue weighted by Gasteiger charge is 2.17. The Kier molecular flexibility index (Phi) is 4.34. The molecule has 6 nitrogen and oxygen atoms in total. The lowest BCUT2D eigenvalue weighted by Gasteiger charge is -2.00. The lowest BCUT2D eigenvalue weighted by atomic mass is 10.0. The first-order valence-electron chi connectivity index (χ1n) is 6.12. The third kappa shape index (κ3) is 3.02. The number of hydrogen-bond donors (Lipinski definition) is 1. The van der Waals surface area contributed by atoms with Crippen LogP contribution in [0.4, 0.5) is 5.69 Å². The van der Waals surface area contributed by atoms with Gasteiger partial charge in [-0.2, -0.15) is 5.26 Å². The van der Waals surface area contributed by atoms with Gasteiger partial charge in [-0.3, -0.25) is 14.9 Å². The fraction of sp³-hybridized carbons (Fsp3) is 0.0667. The largest absolute Gasteiger partial charge is 0.502 e. The molecule has 1 aromatic carbocycles. The van der Waals surface area contributed by atoms with Crippen LogP contribution in [0.1, 0.15) is 20.8 Å². The second-order valence-electron chi connectivity index (χ2n) is 4.44. The maximum atomic E-state index is 12.3. The molecular weight excluding hydrogens is 304 g/mol. The summed E-state index contributed by atoms with van der Waals surface area (Å²) in [5.74, 6) is -0.896. The van der Waals surface area contributed by atoms with Crippen LogP contribution in [0.5, 0.6) is 5.75 Å². The molecule has 0 aliphatic rings. The van der Waals surface area contributed by atoms with Crippen LogP contribution >= 0.6 is 11.3 Å². The lowest BCUT2D eigenvalue weighted by molar-refractivity contribution is -0.385. The molecule has 0 saturated heterocycles. The number of hydrogen-bond acceptors (Lipinski definition) is 6. The summed E-state index contributed by atoms with van der Waals surface area (Å²) >= 11 is 1.23. The summed E-state index contributed by atoms with van der Waals surface area (Å²) in [4.78, 5) is 22.8. The SMILES string of the molecule is Cc1ccsc1C(=O)/C(C#N)=C\c1ccc(O)c([N+](=O)[O-])c1. The molecule has 0 spiro atoms. The topological polar surface area (TPSA) is 104 Å². The van der Waals surface area contributed by atoms with Gasteiger partial charge in [-0.25, -0.2) is 0 Å². The number of phenolic OH excluding ortho intramolecular Hbond substituents is 1. The number of thiophene rings is 1. The van der Waals surface area contributed by atoms with Gasteiger partial charge in [0.25, 0.3) is 0 Å². The van der Waals surface area contributed by atoms with Crippen LogP contribution in [0.3, 0.4) is 0 Å². The zero-order chi connectivity index (χ0) is 16.3. The number of phenols is 1. The van der Waals surface area contributed by atoms with E-state index in [1.165, 1.54) is 23.5 Å². The predicted molar refractivity (Wildman–Crippen MR) is 81.7 cm³/mol. The van der Waals surface area contributed by atoms with E-state index in [4.69, 9.17) is 5.26 Å². The van der Waals surface area contributed by atoms with E-state index in [0.29, 0.717) is 10.4 Å². The van der Waals surface area contributed by atoms with Crippen molar-refractivity contribution in [1.29, 1.82) is 5.26 Å². The third-order valence-corrected chi connectivity index (χ3v) is 3.96. The molecule has 2 aromatic rings. The van der Waals surface area contributed by atoms with Crippen molar-refractivity contribution in [2.45, 2.75) is 6.92 Å². The molecular formula is C15H10N2O4S. The average Bonchev–Trinajstić information content (AvgIpc) is 2.91. The highest BCUT2D eigenvalue weighted by molar-refractivity contribution is 7.12. The van der Waals surface area contributed by atoms with Gasteiger partial charge < -0.3 is 5.11 Å². The molecule has 110 valence electrons. The molecule has 0 bridgehead atoms. The van der Waals surface area contributed by atoms with Gasteiger partial charge in [0.05, 0.1) is 9.80 Å². The average molecular weight is 314 g/mol. The Morgan fingerprint density at radius 1 is 1.45 bits per heavy atom. The van der Waals surface area contributed by atoms with Crippen LogP contribution in [0.15, 0.2) is 35.2 Å². The van der Waals surface area contributed by atoms with Crippen molar-refractivity contribution in [1.82, 2.24) is 0 Å². The van der Waals surface area contributed by atoms with Gasteiger partial charge in [0.15, 0.2) is 5.75 Å². The molecule has 0 aliphatic carbocycles. The molecule has 1 heterocycles. The minimum atomic E-state index is -0.732. The van der Waals surface area contributed by atoms with Crippen molar-refractivity contribution < 1.29 is 14.8 Å². The summed E-state index contributed by atoms with van der Waals surface area (Å²) in [6.07, 6.45) is 1.27. The number of nitrogens with zero attached hydrogens (tertiary/aromatic N) is 2. The van der Waals surface area contributed by atoms with Gasteiger partial charge in [-0.15, -0.1) is 11.3 Å². The molecule has 0 fully saturated rings. The van der Waals surface area contributed by atoms with E-state index >= 15 is 0 Å². The van der Waals surface area contributed by atoms with Crippen molar-refractivity contribution in [2.24, 2.45) is 0 Å². The lowest BCUT2D eigenvalue weighted by Crippen LogP contribution is -2.01. The number of ketones is 1. The van der Waals surface area contributed by atoms with Crippen molar-refractivity contribution in [3.05, 3.63) is 61.3 Å². The molecule has 0 radical (unpaired) electrons. The molecule has 0 aliphatic heterocycles. The smallest absolute Gasteiger partial charge is 0.311 e. The van der Waals surface area contributed by atoms with E-state index in [0.717, 1.165) is 17.7 Å². The van der Waals surface area contributed by atoms with Crippen molar-refractivity contribution in [3.8, 4) is 11.8 Å². The molecule has 0 atom stereocenters. The van der Waals surface area contributed by atoms with Gasteiger partial charge in [-0.05, 0) is 41.6 Å². The minimum absolute atomic E-state index is 0.120. The molecule has 1 aromatic heterocycles. The maximum Gasteiger partial charge on any atom is 0.311 e. The quantitative estimate of drug-likeness (QED) is 0.306. The van der Waals surface area contributed by atoms with Crippen LogP contribution in [0.25, 0.3) is 6.08 Å². The Bertz CT molecular complexity index is 830. The normalized spacial score (nSPS) is 11.0. The number of carbonyl (C=O) groups excluding carboxylic acids is 1. The van der Waals surface area contributed by atoms with E-state index in [2.05, 4.69) is 0 Å². The van der Waals surface area contributed by atoms with E-state index < -0.39 is 22.1 Å². The van der Waals surface area contributed by atoms with Crippen LogP contribution < -0.4 is 0 Å². The van der Waals surface area contributed by atoms with Gasteiger partial charge >= 0.3 is 5.69 Å². The minimum Gasteiger partial charge on any atom is -0.502 e. The number of aromatic hydroxyl groups is 1. The van der Waals surface area contributed by atoms with E-state index in [-0.39, 0.29) is 5.57 Å².